The zero-order chi connectivity index (χ0) is 14.5. The number of hydrogen-bond acceptors (Lipinski definition) is 5. The summed E-state index contributed by atoms with van der Waals surface area (Å²) in [5.41, 5.74) is 7.96. The van der Waals surface area contributed by atoms with Crippen LogP contribution in [0.3, 0.4) is 0 Å². The predicted molar refractivity (Wildman–Crippen MR) is 81.4 cm³/mol. The minimum absolute atomic E-state index is 0.263. The Morgan fingerprint density at radius 2 is 1.90 bits per heavy atom. The topological polar surface area (TPSA) is 73.1 Å². The summed E-state index contributed by atoms with van der Waals surface area (Å²) < 4.78 is 5.68. The van der Waals surface area contributed by atoms with Crippen LogP contribution in [0.1, 0.15) is 11.1 Å². The SMILES string of the molecule is Cc1cc(C)cc(OCCNc2ncnc(N)c2Cl)c1. The number of anilines is 2. The Labute approximate surface area is 123 Å². The second-order valence-corrected chi connectivity index (χ2v) is 4.90. The third-order valence-corrected chi connectivity index (χ3v) is 3.05. The van der Waals surface area contributed by atoms with Gasteiger partial charge in [-0.2, -0.15) is 0 Å². The minimum atomic E-state index is 0.263. The maximum atomic E-state index is 5.98. The highest BCUT2D eigenvalue weighted by Gasteiger charge is 2.05. The van der Waals surface area contributed by atoms with E-state index in [1.807, 2.05) is 26.0 Å². The van der Waals surface area contributed by atoms with Crippen LogP contribution in [-0.4, -0.2) is 23.1 Å². The van der Waals surface area contributed by atoms with Crippen molar-refractivity contribution in [1.82, 2.24) is 9.97 Å². The van der Waals surface area contributed by atoms with Gasteiger partial charge in [-0.05, 0) is 37.1 Å². The number of rotatable bonds is 5. The molecule has 0 amide bonds. The molecule has 0 aliphatic carbocycles. The number of ether oxygens (including phenoxy) is 1. The van der Waals surface area contributed by atoms with E-state index in [-0.39, 0.29) is 5.82 Å². The van der Waals surface area contributed by atoms with Crippen LogP contribution < -0.4 is 15.8 Å². The zero-order valence-electron chi connectivity index (χ0n) is 11.5. The number of nitrogen functional groups attached to an aromatic ring is 1. The molecule has 0 saturated heterocycles. The lowest BCUT2D eigenvalue weighted by atomic mass is 10.1. The molecule has 1 aromatic carbocycles. The highest BCUT2D eigenvalue weighted by atomic mass is 35.5. The number of nitrogens with zero attached hydrogens (tertiary/aromatic N) is 2. The van der Waals surface area contributed by atoms with Crippen molar-refractivity contribution in [2.24, 2.45) is 0 Å². The van der Waals surface area contributed by atoms with Crippen molar-refractivity contribution in [3.63, 3.8) is 0 Å². The molecular formula is C14H17ClN4O. The summed E-state index contributed by atoms with van der Waals surface area (Å²) in [7, 11) is 0. The standard InChI is InChI=1S/C14H17ClN4O/c1-9-5-10(2)7-11(6-9)20-4-3-17-14-12(15)13(16)18-8-19-14/h5-8H,3-4H2,1-2H3,(H3,16,17,18,19). The smallest absolute Gasteiger partial charge is 0.150 e. The molecule has 0 atom stereocenters. The third-order valence-electron chi connectivity index (χ3n) is 2.67. The van der Waals surface area contributed by atoms with Crippen LogP contribution in [0.15, 0.2) is 24.5 Å². The van der Waals surface area contributed by atoms with Gasteiger partial charge in [0.15, 0.2) is 5.82 Å². The minimum Gasteiger partial charge on any atom is -0.492 e. The van der Waals surface area contributed by atoms with Gasteiger partial charge in [0.2, 0.25) is 0 Å². The Hall–Kier alpha value is -2.01. The molecule has 5 nitrogen and oxygen atoms in total. The quantitative estimate of drug-likeness (QED) is 0.829. The van der Waals surface area contributed by atoms with E-state index in [0.29, 0.717) is 24.0 Å². The first-order valence-electron chi connectivity index (χ1n) is 6.27. The lowest BCUT2D eigenvalue weighted by Gasteiger charge is -2.10. The highest BCUT2D eigenvalue weighted by molar-refractivity contribution is 6.35. The molecule has 6 heteroatoms. The van der Waals surface area contributed by atoms with E-state index >= 15 is 0 Å². The van der Waals surface area contributed by atoms with Gasteiger partial charge in [0, 0.05) is 0 Å². The summed E-state index contributed by atoms with van der Waals surface area (Å²) in [5.74, 6) is 1.64. The van der Waals surface area contributed by atoms with Crippen LogP contribution in [0.4, 0.5) is 11.6 Å². The molecule has 0 spiro atoms. The van der Waals surface area contributed by atoms with Crippen molar-refractivity contribution >= 4 is 23.2 Å². The molecule has 0 saturated carbocycles. The second kappa shape index (κ2) is 6.43. The van der Waals surface area contributed by atoms with Gasteiger partial charge in [-0.15, -0.1) is 0 Å². The van der Waals surface area contributed by atoms with E-state index in [1.165, 1.54) is 17.5 Å². The summed E-state index contributed by atoms with van der Waals surface area (Å²) in [5, 5.41) is 3.40. The summed E-state index contributed by atoms with van der Waals surface area (Å²) in [6.45, 7) is 5.16. The third kappa shape index (κ3) is 3.74. The van der Waals surface area contributed by atoms with Crippen LogP contribution in [0, 0.1) is 13.8 Å². The Bertz CT molecular complexity index is 583. The molecule has 106 valence electrons. The molecule has 0 fully saturated rings. The number of nitrogens with one attached hydrogen (secondary N) is 1. The van der Waals surface area contributed by atoms with Gasteiger partial charge in [-0.1, -0.05) is 17.7 Å². The highest BCUT2D eigenvalue weighted by Crippen LogP contribution is 2.22. The number of benzene rings is 1. The summed E-state index contributed by atoms with van der Waals surface area (Å²) in [6, 6.07) is 6.11. The number of hydrogen-bond donors (Lipinski definition) is 2. The Balaban J connectivity index is 1.86. The van der Waals surface area contributed by atoms with E-state index in [0.717, 1.165) is 5.75 Å². The average Bonchev–Trinajstić information content (AvgIpc) is 2.38. The van der Waals surface area contributed by atoms with Crippen molar-refractivity contribution in [2.75, 3.05) is 24.2 Å². The van der Waals surface area contributed by atoms with Gasteiger partial charge >= 0.3 is 0 Å². The Morgan fingerprint density at radius 3 is 2.60 bits per heavy atom. The van der Waals surface area contributed by atoms with Crippen molar-refractivity contribution in [3.8, 4) is 5.75 Å². The van der Waals surface area contributed by atoms with Gasteiger partial charge in [0.1, 0.15) is 29.5 Å². The first-order valence-corrected chi connectivity index (χ1v) is 6.65. The summed E-state index contributed by atoms with van der Waals surface area (Å²) in [4.78, 5) is 7.82. The fourth-order valence-corrected chi connectivity index (χ4v) is 2.03. The molecule has 1 heterocycles. The summed E-state index contributed by atoms with van der Waals surface area (Å²) >= 11 is 5.98. The van der Waals surface area contributed by atoms with Crippen molar-refractivity contribution in [1.29, 1.82) is 0 Å². The van der Waals surface area contributed by atoms with E-state index in [1.54, 1.807) is 0 Å². The maximum absolute atomic E-state index is 5.98. The number of nitrogens with two attached hydrogens (primary N) is 1. The van der Waals surface area contributed by atoms with Crippen LogP contribution in [0.5, 0.6) is 5.75 Å². The van der Waals surface area contributed by atoms with E-state index in [4.69, 9.17) is 22.1 Å². The van der Waals surface area contributed by atoms with Crippen molar-refractivity contribution in [2.45, 2.75) is 13.8 Å². The van der Waals surface area contributed by atoms with Gasteiger partial charge < -0.3 is 15.8 Å². The monoisotopic (exact) mass is 292 g/mol. The van der Waals surface area contributed by atoms with Gasteiger partial charge in [0.05, 0.1) is 6.54 Å². The molecular weight excluding hydrogens is 276 g/mol. The Morgan fingerprint density at radius 1 is 1.20 bits per heavy atom. The van der Waals surface area contributed by atoms with Crippen LogP contribution in [0.2, 0.25) is 5.02 Å². The molecule has 0 aliphatic rings. The average molecular weight is 293 g/mol. The normalized spacial score (nSPS) is 10.3. The van der Waals surface area contributed by atoms with Crippen LogP contribution >= 0.6 is 11.6 Å². The number of aromatic nitrogens is 2. The van der Waals surface area contributed by atoms with Crippen LogP contribution in [-0.2, 0) is 0 Å². The molecule has 0 unspecified atom stereocenters. The molecule has 20 heavy (non-hydrogen) atoms. The molecule has 0 radical (unpaired) electrons. The van der Waals surface area contributed by atoms with E-state index in [2.05, 4.69) is 21.4 Å². The van der Waals surface area contributed by atoms with E-state index in [9.17, 15) is 0 Å². The summed E-state index contributed by atoms with van der Waals surface area (Å²) in [6.07, 6.45) is 1.37. The molecule has 2 rings (SSSR count). The second-order valence-electron chi connectivity index (χ2n) is 4.52. The zero-order valence-corrected chi connectivity index (χ0v) is 12.2. The fraction of sp³-hybridized carbons (Fsp3) is 0.286. The lowest BCUT2D eigenvalue weighted by Crippen LogP contribution is -2.13. The molecule has 1 aromatic heterocycles. The fourth-order valence-electron chi connectivity index (χ4n) is 1.86. The maximum Gasteiger partial charge on any atom is 0.150 e. The van der Waals surface area contributed by atoms with Crippen molar-refractivity contribution in [3.05, 3.63) is 40.7 Å². The van der Waals surface area contributed by atoms with Gasteiger partial charge in [-0.25, -0.2) is 9.97 Å². The van der Waals surface area contributed by atoms with Crippen LogP contribution in [0.25, 0.3) is 0 Å². The first kappa shape index (κ1) is 14.4. The molecule has 0 bridgehead atoms. The predicted octanol–water partition coefficient (Wildman–Crippen LogP) is 2.82. The lowest BCUT2D eigenvalue weighted by molar-refractivity contribution is 0.332. The molecule has 2 aromatic rings. The molecule has 3 N–H and O–H groups in total. The van der Waals surface area contributed by atoms with Crippen molar-refractivity contribution < 1.29 is 4.74 Å². The van der Waals surface area contributed by atoms with Gasteiger partial charge in [-0.3, -0.25) is 0 Å². The number of aryl methyl sites for hydroxylation is 2. The molecule has 0 aliphatic heterocycles. The van der Waals surface area contributed by atoms with E-state index < -0.39 is 0 Å². The van der Waals surface area contributed by atoms with Gasteiger partial charge in [0.25, 0.3) is 0 Å². The first-order chi connectivity index (χ1) is 9.56. The largest absolute Gasteiger partial charge is 0.492 e. The number of halogens is 1. The Kier molecular flexibility index (Phi) is 4.63.